The van der Waals surface area contributed by atoms with Gasteiger partial charge in [-0.05, 0) is 33.6 Å². The highest BCUT2D eigenvalue weighted by Gasteiger charge is 2.19. The van der Waals surface area contributed by atoms with Crippen LogP contribution in [0.5, 0.6) is 0 Å². The van der Waals surface area contributed by atoms with Crippen molar-refractivity contribution in [3.63, 3.8) is 0 Å². The lowest BCUT2D eigenvalue weighted by atomic mass is 10.2. The van der Waals surface area contributed by atoms with Crippen molar-refractivity contribution in [2.75, 3.05) is 19.3 Å². The Kier molecular flexibility index (Phi) is 6.12. The maximum atomic E-state index is 11.9. The summed E-state index contributed by atoms with van der Waals surface area (Å²) in [5.41, 5.74) is 0. The number of guanidine groups is 1. The van der Waals surface area contributed by atoms with Crippen LogP contribution in [0.15, 0.2) is 4.99 Å². The first-order valence-electron chi connectivity index (χ1n) is 6.79. The zero-order chi connectivity index (χ0) is 13.6. The fourth-order valence-electron chi connectivity index (χ4n) is 2.03. The standard InChI is InChI=1S/C13H27N3OS/c1-13(2,3)18(17)10-9-15-12(14-4)16-11-7-5-6-8-11/h11H,5-10H2,1-4H3,(H2,14,15,16). The quantitative estimate of drug-likeness (QED) is 0.605. The first kappa shape index (κ1) is 15.5. The van der Waals surface area contributed by atoms with Gasteiger partial charge in [0.25, 0.3) is 0 Å². The van der Waals surface area contributed by atoms with Gasteiger partial charge in [-0.3, -0.25) is 9.20 Å². The van der Waals surface area contributed by atoms with Crippen LogP contribution in [0.1, 0.15) is 46.5 Å². The molecule has 4 nitrogen and oxygen atoms in total. The van der Waals surface area contributed by atoms with Crippen molar-refractivity contribution in [2.45, 2.75) is 57.2 Å². The van der Waals surface area contributed by atoms with Crippen LogP contribution in [0, 0.1) is 0 Å². The number of nitrogens with zero attached hydrogens (tertiary/aromatic N) is 1. The molecule has 1 unspecified atom stereocenters. The smallest absolute Gasteiger partial charge is 0.191 e. The summed E-state index contributed by atoms with van der Waals surface area (Å²) in [4.78, 5) is 4.21. The third-order valence-corrected chi connectivity index (χ3v) is 5.12. The lowest BCUT2D eigenvalue weighted by molar-refractivity contribution is 0.614. The predicted molar refractivity (Wildman–Crippen MR) is 79.5 cm³/mol. The molecule has 1 atom stereocenters. The Hall–Kier alpha value is -0.580. The van der Waals surface area contributed by atoms with E-state index in [-0.39, 0.29) is 4.75 Å². The van der Waals surface area contributed by atoms with Gasteiger partial charge in [-0.15, -0.1) is 0 Å². The molecule has 2 N–H and O–H groups in total. The maximum Gasteiger partial charge on any atom is 0.191 e. The summed E-state index contributed by atoms with van der Waals surface area (Å²) >= 11 is 0. The third-order valence-electron chi connectivity index (χ3n) is 3.18. The van der Waals surface area contributed by atoms with Gasteiger partial charge < -0.3 is 10.6 Å². The molecule has 0 spiro atoms. The van der Waals surface area contributed by atoms with Crippen LogP contribution in [-0.4, -0.2) is 40.3 Å². The Labute approximate surface area is 113 Å². The third kappa shape index (κ3) is 5.38. The van der Waals surface area contributed by atoms with Gasteiger partial charge in [0.15, 0.2) is 5.96 Å². The van der Waals surface area contributed by atoms with Gasteiger partial charge in [-0.1, -0.05) is 12.8 Å². The molecule has 1 fully saturated rings. The first-order chi connectivity index (χ1) is 8.43. The van der Waals surface area contributed by atoms with Crippen LogP contribution in [0.25, 0.3) is 0 Å². The molecule has 0 aromatic rings. The minimum absolute atomic E-state index is 0.135. The van der Waals surface area contributed by atoms with Crippen molar-refractivity contribution in [1.29, 1.82) is 0 Å². The Morgan fingerprint density at radius 1 is 1.33 bits per heavy atom. The normalized spacial score (nSPS) is 19.9. The summed E-state index contributed by atoms with van der Waals surface area (Å²) in [6, 6.07) is 0.560. The van der Waals surface area contributed by atoms with Gasteiger partial charge >= 0.3 is 0 Å². The fourth-order valence-corrected chi connectivity index (χ4v) is 2.93. The molecule has 1 aliphatic rings. The van der Waals surface area contributed by atoms with E-state index in [9.17, 15) is 4.21 Å². The van der Waals surface area contributed by atoms with Crippen molar-refractivity contribution >= 4 is 16.8 Å². The minimum atomic E-state index is -0.805. The molecule has 0 radical (unpaired) electrons. The van der Waals surface area contributed by atoms with Crippen molar-refractivity contribution in [2.24, 2.45) is 4.99 Å². The number of rotatable bonds is 4. The van der Waals surface area contributed by atoms with Gasteiger partial charge in [-0.2, -0.15) is 0 Å². The largest absolute Gasteiger partial charge is 0.355 e. The van der Waals surface area contributed by atoms with E-state index in [1.165, 1.54) is 25.7 Å². The van der Waals surface area contributed by atoms with Gasteiger partial charge in [0.1, 0.15) is 0 Å². The number of nitrogens with one attached hydrogen (secondary N) is 2. The second-order valence-corrected chi connectivity index (χ2v) is 8.11. The molecule has 1 rings (SSSR count). The van der Waals surface area contributed by atoms with Crippen LogP contribution in [0.4, 0.5) is 0 Å². The summed E-state index contributed by atoms with van der Waals surface area (Å²) in [5.74, 6) is 1.50. The van der Waals surface area contributed by atoms with E-state index in [4.69, 9.17) is 0 Å². The van der Waals surface area contributed by atoms with E-state index in [1.807, 2.05) is 20.8 Å². The predicted octanol–water partition coefficient (Wildman–Crippen LogP) is 1.64. The molecule has 0 aromatic carbocycles. The zero-order valence-corrected chi connectivity index (χ0v) is 12.9. The molecule has 1 saturated carbocycles. The Morgan fingerprint density at radius 3 is 2.44 bits per heavy atom. The maximum absolute atomic E-state index is 11.9. The molecule has 0 bridgehead atoms. The molecule has 5 heteroatoms. The summed E-state index contributed by atoms with van der Waals surface area (Å²) in [6.45, 7) is 6.73. The molecule has 18 heavy (non-hydrogen) atoms. The molecule has 106 valence electrons. The van der Waals surface area contributed by atoms with Crippen LogP contribution in [-0.2, 0) is 10.8 Å². The highest BCUT2D eigenvalue weighted by molar-refractivity contribution is 7.86. The topological polar surface area (TPSA) is 53.5 Å². The molecule has 0 aliphatic heterocycles. The van der Waals surface area contributed by atoms with Gasteiger partial charge in [0.2, 0.25) is 0 Å². The monoisotopic (exact) mass is 273 g/mol. The van der Waals surface area contributed by atoms with Crippen molar-refractivity contribution in [1.82, 2.24) is 10.6 Å². The summed E-state index contributed by atoms with van der Waals surface area (Å²) in [5, 5.41) is 6.66. The van der Waals surface area contributed by atoms with Crippen molar-refractivity contribution < 1.29 is 4.21 Å². The molecule has 0 amide bonds. The second-order valence-electron chi connectivity index (χ2n) is 5.79. The average molecular weight is 273 g/mol. The van der Waals surface area contributed by atoms with E-state index in [2.05, 4.69) is 15.6 Å². The van der Waals surface area contributed by atoms with E-state index >= 15 is 0 Å². The number of hydrogen-bond donors (Lipinski definition) is 2. The molecule has 0 saturated heterocycles. The highest BCUT2D eigenvalue weighted by atomic mass is 32.2. The van der Waals surface area contributed by atoms with Crippen molar-refractivity contribution in [3.8, 4) is 0 Å². The average Bonchev–Trinajstić information content (AvgIpc) is 2.79. The first-order valence-corrected chi connectivity index (χ1v) is 8.11. The molecular formula is C13H27N3OS. The minimum Gasteiger partial charge on any atom is -0.355 e. The van der Waals surface area contributed by atoms with E-state index in [0.717, 1.165) is 5.96 Å². The van der Waals surface area contributed by atoms with Crippen molar-refractivity contribution in [3.05, 3.63) is 0 Å². The van der Waals surface area contributed by atoms with Crippen LogP contribution in [0.3, 0.4) is 0 Å². The van der Waals surface area contributed by atoms with E-state index in [1.54, 1.807) is 7.05 Å². The SMILES string of the molecule is CN=C(NCCS(=O)C(C)(C)C)NC1CCCC1. The summed E-state index contributed by atoms with van der Waals surface area (Å²) in [6.07, 6.45) is 5.08. The lowest BCUT2D eigenvalue weighted by Gasteiger charge is -2.20. The molecule has 0 heterocycles. The lowest BCUT2D eigenvalue weighted by Crippen LogP contribution is -2.44. The molecular weight excluding hydrogens is 246 g/mol. The van der Waals surface area contributed by atoms with Crippen LogP contribution >= 0.6 is 0 Å². The number of aliphatic imine (C=N–C) groups is 1. The van der Waals surface area contributed by atoms with Gasteiger partial charge in [-0.25, -0.2) is 0 Å². The van der Waals surface area contributed by atoms with Gasteiger partial charge in [0, 0.05) is 40.9 Å². The Morgan fingerprint density at radius 2 is 1.94 bits per heavy atom. The summed E-state index contributed by atoms with van der Waals surface area (Å²) in [7, 11) is 0.978. The highest BCUT2D eigenvalue weighted by Crippen LogP contribution is 2.17. The number of hydrogen-bond acceptors (Lipinski definition) is 2. The fraction of sp³-hybridized carbons (Fsp3) is 0.923. The Bertz CT molecular complexity index is 304. The van der Waals surface area contributed by atoms with Gasteiger partial charge in [0.05, 0.1) is 0 Å². The molecule has 0 aromatic heterocycles. The Balaban J connectivity index is 2.26. The zero-order valence-electron chi connectivity index (χ0n) is 12.1. The van der Waals surface area contributed by atoms with Crippen LogP contribution in [0.2, 0.25) is 0 Å². The van der Waals surface area contributed by atoms with E-state index < -0.39 is 10.8 Å². The summed E-state index contributed by atoms with van der Waals surface area (Å²) < 4.78 is 11.8. The molecule has 1 aliphatic carbocycles. The van der Waals surface area contributed by atoms with Crippen LogP contribution < -0.4 is 10.6 Å². The van der Waals surface area contributed by atoms with E-state index in [0.29, 0.717) is 18.3 Å². The second kappa shape index (κ2) is 7.12.